The van der Waals surface area contributed by atoms with Crippen LogP contribution in [0.15, 0.2) is 48.5 Å². The molecule has 3 N–H and O–H groups in total. The molecule has 2 fully saturated rings. The van der Waals surface area contributed by atoms with Gasteiger partial charge < -0.3 is 25.2 Å². The lowest BCUT2D eigenvalue weighted by molar-refractivity contribution is -0.142. The van der Waals surface area contributed by atoms with Crippen LogP contribution in [0.25, 0.3) is 11.1 Å². The molecule has 0 spiro atoms. The van der Waals surface area contributed by atoms with Crippen LogP contribution in [0.2, 0.25) is 0 Å². The number of hydrogen-bond donors (Lipinski definition) is 3. The van der Waals surface area contributed by atoms with E-state index in [1.165, 1.54) is 0 Å². The molecule has 0 bridgehead atoms. The van der Waals surface area contributed by atoms with Gasteiger partial charge in [0.25, 0.3) is 5.91 Å². The molecule has 0 aromatic heterocycles. The number of amides is 2. The van der Waals surface area contributed by atoms with Crippen LogP contribution in [0.1, 0.15) is 42.7 Å². The molecule has 5 rings (SSSR count). The number of carbonyl (C=O) groups excluding carboxylic acids is 2. The summed E-state index contributed by atoms with van der Waals surface area (Å²) in [6.45, 7) is 0.520. The van der Waals surface area contributed by atoms with Crippen LogP contribution in [-0.2, 0) is 19.1 Å². The third kappa shape index (κ3) is 4.25. The molecule has 1 saturated heterocycles. The minimum Gasteiger partial charge on any atom is -0.481 e. The van der Waals surface area contributed by atoms with Crippen LogP contribution in [0.3, 0.4) is 0 Å². The smallest absolute Gasteiger partial charge is 0.407 e. The fourth-order valence-corrected chi connectivity index (χ4v) is 5.48. The van der Waals surface area contributed by atoms with Crippen molar-refractivity contribution >= 4 is 18.0 Å². The standard InChI is InChI=1S/C26H28N2O6/c29-24(27-21-11-5-10-19(21)25(30)31)23-22(12-13-33-23)28-26(32)34-14-20-17-8-3-1-6-15(17)16-7-2-4-9-18(16)20/h1-4,6-9,19-23H,5,10-14H2,(H,27,29)(H,28,32)(H,30,31)/t19-,21+,22?,23?/m0/s1. The van der Waals surface area contributed by atoms with E-state index < -0.39 is 36.2 Å². The van der Waals surface area contributed by atoms with Gasteiger partial charge in [0.15, 0.2) is 6.10 Å². The SMILES string of the molecule is O=C(NC1CCOC1C(=O)N[C@@H]1CCC[C@@H]1C(=O)O)OCC1c2ccccc2-c2ccccc21. The van der Waals surface area contributed by atoms with Crippen LogP contribution < -0.4 is 10.6 Å². The number of carbonyl (C=O) groups is 3. The number of nitrogens with one attached hydrogen (secondary N) is 2. The number of carboxylic acids is 1. The summed E-state index contributed by atoms with van der Waals surface area (Å²) < 4.78 is 11.2. The van der Waals surface area contributed by atoms with Crippen LogP contribution in [0.4, 0.5) is 4.79 Å². The van der Waals surface area contributed by atoms with Gasteiger partial charge in [0.05, 0.1) is 12.0 Å². The number of aliphatic carboxylic acids is 1. The molecule has 0 radical (unpaired) electrons. The summed E-state index contributed by atoms with van der Waals surface area (Å²) in [4.78, 5) is 36.8. The summed E-state index contributed by atoms with van der Waals surface area (Å²) in [7, 11) is 0. The Kier molecular flexibility index (Phi) is 6.24. The molecule has 178 valence electrons. The molecule has 2 amide bonds. The van der Waals surface area contributed by atoms with Crippen molar-refractivity contribution in [3.8, 4) is 11.1 Å². The Labute approximate surface area is 197 Å². The van der Waals surface area contributed by atoms with E-state index in [2.05, 4.69) is 34.9 Å². The zero-order valence-electron chi connectivity index (χ0n) is 18.7. The lowest BCUT2D eigenvalue weighted by Crippen LogP contribution is -2.51. The minimum absolute atomic E-state index is 0.0487. The summed E-state index contributed by atoms with van der Waals surface area (Å²) in [6, 6.07) is 15.3. The maximum absolute atomic E-state index is 12.8. The molecule has 8 heteroatoms. The average Bonchev–Trinajstić information content (AvgIpc) is 3.55. The Morgan fingerprint density at radius 3 is 2.26 bits per heavy atom. The minimum atomic E-state index is -0.900. The van der Waals surface area contributed by atoms with Crippen LogP contribution in [0.5, 0.6) is 0 Å². The van der Waals surface area contributed by atoms with E-state index in [1.54, 1.807) is 0 Å². The van der Waals surface area contributed by atoms with E-state index in [-0.39, 0.29) is 18.4 Å². The third-order valence-electron chi connectivity index (χ3n) is 7.16. The molecule has 1 saturated carbocycles. The Bertz CT molecular complexity index is 1060. The van der Waals surface area contributed by atoms with Gasteiger partial charge in [0.2, 0.25) is 0 Å². The summed E-state index contributed by atoms with van der Waals surface area (Å²) in [5.74, 6) is -1.92. The van der Waals surface area contributed by atoms with E-state index in [1.807, 2.05) is 24.3 Å². The Hall–Kier alpha value is -3.39. The lowest BCUT2D eigenvalue weighted by atomic mass is 9.98. The number of hydrogen-bond acceptors (Lipinski definition) is 5. The zero-order valence-corrected chi connectivity index (χ0v) is 18.7. The topological polar surface area (TPSA) is 114 Å². The summed E-state index contributed by atoms with van der Waals surface area (Å²) in [5.41, 5.74) is 4.56. The first-order valence-corrected chi connectivity index (χ1v) is 11.8. The van der Waals surface area contributed by atoms with Crippen molar-refractivity contribution < 1.29 is 29.0 Å². The van der Waals surface area contributed by atoms with E-state index in [9.17, 15) is 19.5 Å². The number of benzene rings is 2. The first-order valence-electron chi connectivity index (χ1n) is 11.8. The van der Waals surface area contributed by atoms with Crippen molar-refractivity contribution in [2.45, 2.75) is 49.8 Å². The van der Waals surface area contributed by atoms with Crippen LogP contribution in [-0.4, -0.2) is 54.5 Å². The molecule has 2 aromatic carbocycles. The molecule has 2 unspecified atom stereocenters. The molecule has 3 aliphatic rings. The van der Waals surface area contributed by atoms with Gasteiger partial charge in [0, 0.05) is 18.6 Å². The highest BCUT2D eigenvalue weighted by Gasteiger charge is 2.40. The van der Waals surface area contributed by atoms with Crippen molar-refractivity contribution in [1.29, 1.82) is 0 Å². The van der Waals surface area contributed by atoms with Crippen molar-refractivity contribution in [2.75, 3.05) is 13.2 Å². The second kappa shape index (κ2) is 9.46. The Balaban J connectivity index is 1.19. The van der Waals surface area contributed by atoms with Gasteiger partial charge in [-0.1, -0.05) is 55.0 Å². The summed E-state index contributed by atoms with van der Waals surface area (Å²) >= 11 is 0. The van der Waals surface area contributed by atoms with E-state index in [0.29, 0.717) is 25.9 Å². The maximum Gasteiger partial charge on any atom is 0.407 e. The fraction of sp³-hybridized carbons (Fsp3) is 0.423. The molecule has 4 atom stereocenters. The first-order chi connectivity index (χ1) is 16.5. The molecule has 2 aromatic rings. The highest BCUT2D eigenvalue weighted by atomic mass is 16.6. The summed E-state index contributed by atoms with van der Waals surface area (Å²) in [6.07, 6.45) is 0.951. The monoisotopic (exact) mass is 464 g/mol. The quantitative estimate of drug-likeness (QED) is 0.606. The Morgan fingerprint density at radius 1 is 0.912 bits per heavy atom. The molecule has 1 aliphatic heterocycles. The molecule has 1 heterocycles. The number of fused-ring (bicyclic) bond motifs is 3. The fourth-order valence-electron chi connectivity index (χ4n) is 5.48. The molecule has 8 nitrogen and oxygen atoms in total. The van der Waals surface area contributed by atoms with Crippen molar-refractivity contribution in [3.05, 3.63) is 59.7 Å². The van der Waals surface area contributed by atoms with Gasteiger partial charge in [-0.2, -0.15) is 0 Å². The van der Waals surface area contributed by atoms with Crippen molar-refractivity contribution in [1.82, 2.24) is 10.6 Å². The maximum atomic E-state index is 12.8. The molecule has 34 heavy (non-hydrogen) atoms. The van der Waals surface area contributed by atoms with Gasteiger partial charge in [-0.25, -0.2) is 4.79 Å². The summed E-state index contributed by atoms with van der Waals surface area (Å²) in [5, 5.41) is 14.9. The number of ether oxygens (including phenoxy) is 2. The number of alkyl carbamates (subject to hydrolysis) is 1. The zero-order chi connectivity index (χ0) is 23.7. The number of rotatable bonds is 6. The highest BCUT2D eigenvalue weighted by molar-refractivity contribution is 5.84. The van der Waals surface area contributed by atoms with E-state index in [0.717, 1.165) is 28.7 Å². The number of carboxylic acid groups (broad SMARTS) is 1. The largest absolute Gasteiger partial charge is 0.481 e. The molecule has 2 aliphatic carbocycles. The predicted molar refractivity (Wildman–Crippen MR) is 123 cm³/mol. The lowest BCUT2D eigenvalue weighted by Gasteiger charge is -2.23. The van der Waals surface area contributed by atoms with Crippen molar-refractivity contribution in [3.63, 3.8) is 0 Å². The van der Waals surface area contributed by atoms with E-state index in [4.69, 9.17) is 9.47 Å². The Morgan fingerprint density at radius 2 is 1.59 bits per heavy atom. The average molecular weight is 465 g/mol. The van der Waals surface area contributed by atoms with E-state index >= 15 is 0 Å². The highest BCUT2D eigenvalue weighted by Crippen LogP contribution is 2.44. The predicted octanol–water partition coefficient (Wildman–Crippen LogP) is 3.05. The second-order valence-corrected chi connectivity index (χ2v) is 9.15. The third-order valence-corrected chi connectivity index (χ3v) is 7.16. The van der Waals surface area contributed by atoms with Crippen LogP contribution in [0, 0.1) is 5.92 Å². The van der Waals surface area contributed by atoms with Gasteiger partial charge >= 0.3 is 12.1 Å². The first kappa shape index (κ1) is 22.4. The second-order valence-electron chi connectivity index (χ2n) is 9.15. The normalized spacial score (nSPS) is 25.4. The van der Waals surface area contributed by atoms with Crippen LogP contribution >= 0.6 is 0 Å². The van der Waals surface area contributed by atoms with Gasteiger partial charge in [0.1, 0.15) is 6.61 Å². The molecular formula is C26H28N2O6. The van der Waals surface area contributed by atoms with Crippen molar-refractivity contribution in [2.24, 2.45) is 5.92 Å². The van der Waals surface area contributed by atoms with Gasteiger partial charge in [-0.05, 0) is 41.5 Å². The van der Waals surface area contributed by atoms with Gasteiger partial charge in [-0.15, -0.1) is 0 Å². The van der Waals surface area contributed by atoms with Gasteiger partial charge in [-0.3, -0.25) is 9.59 Å². The molecular weight excluding hydrogens is 436 g/mol.